The summed E-state index contributed by atoms with van der Waals surface area (Å²) in [5, 5.41) is 11.3. The summed E-state index contributed by atoms with van der Waals surface area (Å²) in [6.45, 7) is 0. The number of hydrogen-bond acceptors (Lipinski definition) is 4. The standard InChI is InChI=1S/C53H31N5O/c1-2-14-32(15-3-1)51-54-52(56-53(55-51)58-42-23-11-8-20-37(42)38-21-9-12-24-43(38)58)50-44(26-27-48-49(50)39-22-10-13-25-47(39)59-48)57-45-30-35-18-6-4-16-33(35)28-40(45)41-29-34-17-5-7-19-36(34)31-46(41)57/h1-31H. The van der Waals surface area contributed by atoms with Crippen LogP contribution >= 0.6 is 0 Å². The highest BCUT2D eigenvalue weighted by molar-refractivity contribution is 6.19. The van der Waals surface area contributed by atoms with Gasteiger partial charge in [-0.1, -0.05) is 133 Å². The van der Waals surface area contributed by atoms with E-state index in [0.717, 1.165) is 71.6 Å². The summed E-state index contributed by atoms with van der Waals surface area (Å²) in [5.41, 5.74) is 8.55. The van der Waals surface area contributed by atoms with Gasteiger partial charge in [0, 0.05) is 37.9 Å². The van der Waals surface area contributed by atoms with Gasteiger partial charge in [0.1, 0.15) is 11.2 Å². The van der Waals surface area contributed by atoms with Crippen LogP contribution in [0.1, 0.15) is 0 Å². The van der Waals surface area contributed by atoms with Crippen molar-refractivity contribution in [2.45, 2.75) is 0 Å². The molecule has 4 heterocycles. The zero-order chi connectivity index (χ0) is 38.6. The highest BCUT2D eigenvalue weighted by atomic mass is 16.3. The maximum absolute atomic E-state index is 6.62. The Labute approximate surface area is 336 Å². The summed E-state index contributed by atoms with van der Waals surface area (Å²) in [4.78, 5) is 16.2. The fourth-order valence-electron chi connectivity index (χ4n) is 9.30. The van der Waals surface area contributed by atoms with Crippen LogP contribution in [-0.2, 0) is 0 Å². The number of fused-ring (bicyclic) bond motifs is 11. The molecule has 0 amide bonds. The van der Waals surface area contributed by atoms with Crippen molar-refractivity contribution >= 4 is 87.1 Å². The largest absolute Gasteiger partial charge is 0.456 e. The Morgan fingerprint density at radius 3 is 1.53 bits per heavy atom. The quantitative estimate of drug-likeness (QED) is 0.180. The maximum atomic E-state index is 6.62. The average molecular weight is 754 g/mol. The number of benzene rings is 9. The van der Waals surface area contributed by atoms with E-state index in [1.54, 1.807) is 0 Å². The van der Waals surface area contributed by atoms with Gasteiger partial charge in [-0.15, -0.1) is 0 Å². The average Bonchev–Trinajstić information content (AvgIpc) is 3.94. The van der Waals surface area contributed by atoms with E-state index in [1.165, 1.54) is 32.3 Å². The van der Waals surface area contributed by atoms with E-state index < -0.39 is 0 Å². The zero-order valence-corrected chi connectivity index (χ0v) is 31.5. The third kappa shape index (κ3) is 4.71. The molecule has 0 bridgehead atoms. The first-order valence-corrected chi connectivity index (χ1v) is 19.9. The second-order valence-electron chi connectivity index (χ2n) is 15.2. The summed E-state index contributed by atoms with van der Waals surface area (Å²) in [6.07, 6.45) is 0. The Kier molecular flexibility index (Phi) is 6.63. The molecule has 0 atom stereocenters. The van der Waals surface area contributed by atoms with Gasteiger partial charge in [-0.05, 0) is 76.1 Å². The fourth-order valence-corrected chi connectivity index (χ4v) is 9.30. The fraction of sp³-hybridized carbons (Fsp3) is 0. The monoisotopic (exact) mass is 753 g/mol. The van der Waals surface area contributed by atoms with Crippen molar-refractivity contribution in [1.82, 2.24) is 24.1 Å². The van der Waals surface area contributed by atoms with E-state index in [4.69, 9.17) is 19.4 Å². The van der Waals surface area contributed by atoms with Gasteiger partial charge >= 0.3 is 0 Å². The Morgan fingerprint density at radius 1 is 0.356 bits per heavy atom. The molecule has 13 rings (SSSR count). The second kappa shape index (κ2) is 12.2. The number of furan rings is 1. The van der Waals surface area contributed by atoms with Crippen LogP contribution in [0.5, 0.6) is 0 Å². The molecule has 6 heteroatoms. The molecule has 59 heavy (non-hydrogen) atoms. The lowest BCUT2D eigenvalue weighted by molar-refractivity contribution is 0.669. The van der Waals surface area contributed by atoms with Crippen LogP contribution in [0.3, 0.4) is 0 Å². The highest BCUT2D eigenvalue weighted by Crippen LogP contribution is 2.44. The van der Waals surface area contributed by atoms with E-state index >= 15 is 0 Å². The molecule has 9 aromatic carbocycles. The summed E-state index contributed by atoms with van der Waals surface area (Å²) < 4.78 is 11.2. The van der Waals surface area contributed by atoms with Crippen LogP contribution in [-0.4, -0.2) is 24.1 Å². The van der Waals surface area contributed by atoms with E-state index in [9.17, 15) is 0 Å². The predicted octanol–water partition coefficient (Wildman–Crippen LogP) is 13.6. The molecule has 0 saturated heterocycles. The summed E-state index contributed by atoms with van der Waals surface area (Å²) in [5.74, 6) is 1.68. The minimum atomic E-state index is 0.543. The minimum Gasteiger partial charge on any atom is -0.456 e. The van der Waals surface area contributed by atoms with Crippen LogP contribution < -0.4 is 0 Å². The molecule has 13 aromatic rings. The van der Waals surface area contributed by atoms with E-state index in [0.29, 0.717) is 17.6 Å². The molecule has 0 aliphatic rings. The molecule has 0 N–H and O–H groups in total. The number of para-hydroxylation sites is 3. The van der Waals surface area contributed by atoms with Gasteiger partial charge in [-0.2, -0.15) is 9.97 Å². The maximum Gasteiger partial charge on any atom is 0.238 e. The number of hydrogen-bond donors (Lipinski definition) is 0. The molecule has 0 saturated carbocycles. The molecule has 6 nitrogen and oxygen atoms in total. The second-order valence-corrected chi connectivity index (χ2v) is 15.2. The zero-order valence-electron chi connectivity index (χ0n) is 31.5. The van der Waals surface area contributed by atoms with Crippen LogP contribution in [0, 0.1) is 0 Å². The molecule has 0 aliphatic carbocycles. The Morgan fingerprint density at radius 2 is 0.881 bits per heavy atom. The van der Waals surface area contributed by atoms with Crippen molar-refractivity contribution in [3.63, 3.8) is 0 Å². The molecular formula is C53H31N5O. The van der Waals surface area contributed by atoms with Gasteiger partial charge in [0.05, 0.1) is 33.3 Å². The lowest BCUT2D eigenvalue weighted by Gasteiger charge is -2.16. The van der Waals surface area contributed by atoms with Crippen molar-refractivity contribution in [2.75, 3.05) is 0 Å². The lowest BCUT2D eigenvalue weighted by atomic mass is 10.0. The van der Waals surface area contributed by atoms with Crippen LogP contribution in [0.15, 0.2) is 192 Å². The number of aromatic nitrogens is 5. The first-order chi connectivity index (χ1) is 29.2. The summed E-state index contributed by atoms with van der Waals surface area (Å²) in [7, 11) is 0. The van der Waals surface area contributed by atoms with Gasteiger partial charge in [0.2, 0.25) is 5.95 Å². The first-order valence-electron chi connectivity index (χ1n) is 19.9. The predicted molar refractivity (Wildman–Crippen MR) is 242 cm³/mol. The minimum absolute atomic E-state index is 0.543. The first kappa shape index (κ1) is 32.0. The molecule has 0 spiro atoms. The van der Waals surface area contributed by atoms with Crippen LogP contribution in [0.4, 0.5) is 0 Å². The summed E-state index contributed by atoms with van der Waals surface area (Å²) >= 11 is 0. The molecule has 274 valence electrons. The lowest BCUT2D eigenvalue weighted by Crippen LogP contribution is -2.08. The normalized spacial score (nSPS) is 12.1. The third-order valence-corrected chi connectivity index (χ3v) is 11.9. The Hall–Kier alpha value is -8.09. The molecule has 0 fully saturated rings. The van der Waals surface area contributed by atoms with Crippen LogP contribution in [0.25, 0.3) is 122 Å². The van der Waals surface area contributed by atoms with Crippen molar-refractivity contribution in [3.8, 4) is 34.4 Å². The van der Waals surface area contributed by atoms with Gasteiger partial charge in [0.15, 0.2) is 11.6 Å². The topological polar surface area (TPSA) is 61.7 Å². The summed E-state index contributed by atoms with van der Waals surface area (Å²) in [6, 6.07) is 66.2. The van der Waals surface area contributed by atoms with E-state index in [2.05, 4.69) is 167 Å². The van der Waals surface area contributed by atoms with Gasteiger partial charge in [-0.25, -0.2) is 4.98 Å². The van der Waals surface area contributed by atoms with Crippen LogP contribution in [0.2, 0.25) is 0 Å². The molecule has 0 unspecified atom stereocenters. The molecule has 0 aliphatic heterocycles. The van der Waals surface area contributed by atoms with Gasteiger partial charge in [0.25, 0.3) is 0 Å². The molecule has 4 aromatic heterocycles. The molecular weight excluding hydrogens is 723 g/mol. The number of nitrogens with zero attached hydrogens (tertiary/aromatic N) is 5. The smallest absolute Gasteiger partial charge is 0.238 e. The van der Waals surface area contributed by atoms with Crippen molar-refractivity contribution in [2.24, 2.45) is 0 Å². The van der Waals surface area contributed by atoms with Crippen molar-refractivity contribution in [1.29, 1.82) is 0 Å². The van der Waals surface area contributed by atoms with Crippen molar-refractivity contribution in [3.05, 3.63) is 188 Å². The SMILES string of the molecule is c1ccc(-c2nc(-c3c(-n4c5cc6ccccc6cc5c5cc6ccccc6cc54)ccc4oc5ccccc5c34)nc(-n3c4ccccc4c4ccccc43)n2)cc1. The highest BCUT2D eigenvalue weighted by Gasteiger charge is 2.26. The van der Waals surface area contributed by atoms with E-state index in [-0.39, 0.29) is 0 Å². The van der Waals surface area contributed by atoms with Crippen molar-refractivity contribution < 1.29 is 4.42 Å². The Balaban J connectivity index is 1.21. The third-order valence-electron chi connectivity index (χ3n) is 11.9. The Bertz CT molecular complexity index is 3710. The molecule has 0 radical (unpaired) electrons. The van der Waals surface area contributed by atoms with Gasteiger partial charge < -0.3 is 8.98 Å². The van der Waals surface area contributed by atoms with Gasteiger partial charge in [-0.3, -0.25) is 4.57 Å². The van der Waals surface area contributed by atoms with E-state index in [1.807, 2.05) is 30.3 Å². The number of rotatable bonds is 4.